The molecule has 0 aliphatic carbocycles. The summed E-state index contributed by atoms with van der Waals surface area (Å²) in [6.45, 7) is 5.88. The highest BCUT2D eigenvalue weighted by Crippen LogP contribution is 2.27. The van der Waals surface area contributed by atoms with Crippen molar-refractivity contribution in [1.82, 2.24) is 41.1 Å². The lowest BCUT2D eigenvalue weighted by Gasteiger charge is -2.30. The second kappa shape index (κ2) is 29.4. The molecule has 0 radical (unpaired) electrons. The minimum Gasteiger partial charge on any atom is -0.494 e. The number of imide groups is 1. The molecule has 1 fully saturated rings. The summed E-state index contributed by atoms with van der Waals surface area (Å²) in [5.41, 5.74) is 14.2. The van der Waals surface area contributed by atoms with Crippen molar-refractivity contribution in [3.05, 3.63) is 96.6 Å². The number of carbonyl (C=O) groups is 9. The summed E-state index contributed by atoms with van der Waals surface area (Å²) in [6.07, 6.45) is 7.85. The van der Waals surface area contributed by atoms with Gasteiger partial charge in [-0.2, -0.15) is 0 Å². The summed E-state index contributed by atoms with van der Waals surface area (Å²) < 4.78 is 16.5. The molecule has 4 heterocycles. The Morgan fingerprint density at radius 2 is 1.53 bits per heavy atom. The summed E-state index contributed by atoms with van der Waals surface area (Å²) in [7, 11) is 0. The van der Waals surface area contributed by atoms with Gasteiger partial charge in [0.1, 0.15) is 30.5 Å². The van der Waals surface area contributed by atoms with E-state index in [2.05, 4.69) is 51.8 Å². The Labute approximate surface area is 454 Å². The predicted octanol–water partition coefficient (Wildman–Crippen LogP) is 2.86. The quantitative estimate of drug-likeness (QED) is 0.0292. The standard InChI is InChI=1S/C53H65N13O13/c1-32(2)45(64-42(67)8-4-3-5-23-66-43(68)17-18-44(66)69)49(71)61-37(7-6-21-57-52(55)75)48(70)59-35-13-9-33(10-14-35)31-79-53(76)63-38(51(73)74)20-26-78-36-15-11-34(12-16-36)39-30-58-47(54)46(60-39)50(72)62-40-29-56-22-19-41(40)65-24-27-77-28-25-65/h9-19,22,29-30,32,37-38,45H,3-8,20-21,23-28,31H2,1-2H3,(H2,54,58)(H,59,70)(H,61,71)(H,62,72)(H,63,76)(H,64,67)(H,73,74)(H3,55,57,75)/t37-,38-,45?/m0/s1. The molecule has 0 spiro atoms. The number of carboxylic acids is 1. The van der Waals surface area contributed by atoms with E-state index in [1.54, 1.807) is 68.7 Å². The molecule has 26 nitrogen and oxygen atoms in total. The van der Waals surface area contributed by atoms with Crippen LogP contribution in [0.3, 0.4) is 0 Å². The van der Waals surface area contributed by atoms with Crippen molar-refractivity contribution in [3.8, 4) is 17.0 Å². The Balaban J connectivity index is 0.941. The number of urea groups is 1. The molecule has 2 aliphatic rings. The van der Waals surface area contributed by atoms with Crippen molar-refractivity contribution in [2.45, 2.75) is 83.5 Å². The van der Waals surface area contributed by atoms with Crippen molar-refractivity contribution in [2.24, 2.45) is 11.7 Å². The lowest BCUT2D eigenvalue weighted by molar-refractivity contribution is -0.140. The Bertz CT molecular complexity index is 2830. The maximum atomic E-state index is 13.6. The summed E-state index contributed by atoms with van der Waals surface area (Å²) in [5, 5.41) is 25.7. The fourth-order valence-corrected chi connectivity index (χ4v) is 8.18. The fourth-order valence-electron chi connectivity index (χ4n) is 8.18. The topological polar surface area (TPSA) is 371 Å². The number of unbranched alkanes of at least 4 members (excludes halogenated alkanes) is 2. The number of rotatable bonds is 28. The van der Waals surface area contributed by atoms with Crippen molar-refractivity contribution < 1.29 is 62.5 Å². The van der Waals surface area contributed by atoms with E-state index in [1.807, 2.05) is 0 Å². The van der Waals surface area contributed by atoms with Gasteiger partial charge in [-0.15, -0.1) is 0 Å². The first kappa shape index (κ1) is 59.1. The van der Waals surface area contributed by atoms with Crippen LogP contribution in [0.4, 0.5) is 32.5 Å². The zero-order valence-electron chi connectivity index (χ0n) is 43.7. The van der Waals surface area contributed by atoms with Crippen LogP contribution in [0.2, 0.25) is 0 Å². The highest BCUT2D eigenvalue weighted by molar-refractivity contribution is 6.13. The molecule has 26 heteroatoms. The minimum absolute atomic E-state index is 0.0693. The van der Waals surface area contributed by atoms with Crippen molar-refractivity contribution in [1.29, 1.82) is 0 Å². The van der Waals surface area contributed by atoms with Crippen LogP contribution in [0.5, 0.6) is 5.75 Å². The van der Waals surface area contributed by atoms with E-state index in [9.17, 15) is 48.3 Å². The Morgan fingerprint density at radius 3 is 2.22 bits per heavy atom. The van der Waals surface area contributed by atoms with E-state index in [-0.39, 0.29) is 81.2 Å². The SMILES string of the molecule is CC(C)C(NC(=O)CCCCCN1C(=O)C=CC1=O)C(=O)N[C@@H](CCCNC(N)=O)C(=O)Nc1ccc(COC(=O)N[C@@H](CCOc2ccc(-c3cnc(N)c(C(=O)Nc4cnccc4N4CCOCC4)n3)cc2)C(=O)O)cc1. The number of hydrogen-bond acceptors (Lipinski definition) is 17. The minimum atomic E-state index is -1.37. The van der Waals surface area contributed by atoms with E-state index in [0.717, 1.165) is 10.6 Å². The van der Waals surface area contributed by atoms with Gasteiger partial charge in [0.15, 0.2) is 11.5 Å². The highest BCUT2D eigenvalue weighted by Gasteiger charge is 2.30. The second-order valence-electron chi connectivity index (χ2n) is 18.7. The number of amides is 9. The Morgan fingerprint density at radius 1 is 0.810 bits per heavy atom. The number of pyridine rings is 1. The summed E-state index contributed by atoms with van der Waals surface area (Å²) in [5.74, 6) is -4.29. The molecular formula is C53H65N13O13. The molecule has 4 aromatic rings. The van der Waals surface area contributed by atoms with Gasteiger partial charge in [-0.05, 0) is 79.6 Å². The van der Waals surface area contributed by atoms with Gasteiger partial charge in [-0.25, -0.2) is 24.4 Å². The number of ether oxygens (including phenoxy) is 3. The predicted molar refractivity (Wildman–Crippen MR) is 287 cm³/mol. The first-order chi connectivity index (χ1) is 37.9. The first-order valence-electron chi connectivity index (χ1n) is 25.6. The number of hydrogen-bond donors (Lipinski definition) is 9. The average Bonchev–Trinajstić information content (AvgIpc) is 3.76. The third-order valence-corrected chi connectivity index (χ3v) is 12.5. The molecule has 3 atom stereocenters. The number of anilines is 4. The average molecular weight is 1090 g/mol. The normalized spacial score (nSPS) is 14.2. The Kier molecular flexibility index (Phi) is 21.9. The molecule has 420 valence electrons. The number of benzene rings is 2. The molecule has 2 aromatic heterocycles. The number of alkyl carbamates (subject to hydrolysis) is 1. The Hall–Kier alpha value is -9.20. The number of nitrogen functional groups attached to an aromatic ring is 1. The molecule has 2 aromatic carbocycles. The molecule has 9 amide bonds. The van der Waals surface area contributed by atoms with Crippen molar-refractivity contribution >= 4 is 76.4 Å². The number of nitrogens with one attached hydrogen (secondary N) is 6. The van der Waals surface area contributed by atoms with Gasteiger partial charge in [-0.1, -0.05) is 32.4 Å². The number of aliphatic carboxylic acids is 1. The van der Waals surface area contributed by atoms with Crippen LogP contribution in [0.25, 0.3) is 11.3 Å². The van der Waals surface area contributed by atoms with Gasteiger partial charge in [0, 0.05) is 68.6 Å². The van der Waals surface area contributed by atoms with Crippen LogP contribution in [0, 0.1) is 5.92 Å². The monoisotopic (exact) mass is 1090 g/mol. The molecule has 0 bridgehead atoms. The van der Waals surface area contributed by atoms with E-state index < -0.39 is 59.8 Å². The van der Waals surface area contributed by atoms with Gasteiger partial charge >= 0.3 is 18.1 Å². The maximum absolute atomic E-state index is 13.6. The van der Waals surface area contributed by atoms with Crippen LogP contribution in [0.1, 0.15) is 74.8 Å². The lowest BCUT2D eigenvalue weighted by Crippen LogP contribution is -2.54. The second-order valence-corrected chi connectivity index (χ2v) is 18.7. The molecular weight excluding hydrogens is 1030 g/mol. The number of primary amides is 1. The van der Waals surface area contributed by atoms with Gasteiger partial charge < -0.3 is 67.6 Å². The molecule has 0 saturated carbocycles. The zero-order chi connectivity index (χ0) is 56.8. The van der Waals surface area contributed by atoms with Crippen LogP contribution in [0.15, 0.2) is 85.3 Å². The number of nitrogens with zero attached hydrogens (tertiary/aromatic N) is 5. The zero-order valence-corrected chi connectivity index (χ0v) is 43.7. The number of carbonyl (C=O) groups excluding carboxylic acids is 8. The lowest BCUT2D eigenvalue weighted by atomic mass is 10.0. The third kappa shape index (κ3) is 18.2. The summed E-state index contributed by atoms with van der Waals surface area (Å²) in [4.78, 5) is 129. The maximum Gasteiger partial charge on any atom is 0.408 e. The van der Waals surface area contributed by atoms with Gasteiger partial charge in [-0.3, -0.25) is 38.7 Å². The number of nitrogens with two attached hydrogens (primary N) is 2. The van der Waals surface area contributed by atoms with E-state index >= 15 is 0 Å². The number of morpholine rings is 1. The van der Waals surface area contributed by atoms with Crippen LogP contribution >= 0.6 is 0 Å². The van der Waals surface area contributed by atoms with Gasteiger partial charge in [0.25, 0.3) is 17.7 Å². The van der Waals surface area contributed by atoms with E-state index in [4.69, 9.17) is 25.7 Å². The van der Waals surface area contributed by atoms with Gasteiger partial charge in [0.2, 0.25) is 17.7 Å². The number of aromatic nitrogens is 3. The smallest absolute Gasteiger partial charge is 0.408 e. The highest BCUT2D eigenvalue weighted by atomic mass is 16.5. The van der Waals surface area contributed by atoms with Crippen molar-refractivity contribution in [3.63, 3.8) is 0 Å². The van der Waals surface area contributed by atoms with Crippen LogP contribution in [-0.2, 0) is 44.8 Å². The molecule has 79 heavy (non-hydrogen) atoms. The molecule has 6 rings (SSSR count). The van der Waals surface area contributed by atoms with Crippen LogP contribution < -0.4 is 53.0 Å². The largest absolute Gasteiger partial charge is 0.494 e. The van der Waals surface area contributed by atoms with E-state index in [1.165, 1.54) is 30.5 Å². The third-order valence-electron chi connectivity index (χ3n) is 12.5. The van der Waals surface area contributed by atoms with Gasteiger partial charge in [0.05, 0.1) is 49.3 Å². The van der Waals surface area contributed by atoms with Crippen molar-refractivity contribution in [2.75, 3.05) is 67.3 Å². The molecule has 2 aliphatic heterocycles. The molecule has 11 N–H and O–H groups in total. The van der Waals surface area contributed by atoms with Crippen LogP contribution in [-0.4, -0.2) is 143 Å². The molecule has 1 unspecified atom stereocenters. The summed E-state index contributed by atoms with van der Waals surface area (Å²) >= 11 is 0. The van der Waals surface area contributed by atoms with E-state index in [0.29, 0.717) is 79.5 Å². The fraction of sp³-hybridized carbons (Fsp3) is 0.396. The first-order valence-corrected chi connectivity index (χ1v) is 25.6. The summed E-state index contributed by atoms with van der Waals surface area (Å²) in [6, 6.07) is 10.4. The number of carboxylic acid groups (broad SMARTS) is 1. The molecule has 1 saturated heterocycles.